The molecule has 0 radical (unpaired) electrons. The van der Waals surface area contributed by atoms with E-state index < -0.39 is 0 Å². The summed E-state index contributed by atoms with van der Waals surface area (Å²) in [6, 6.07) is 16.0. The SMILES string of the molecule is CCCN1C(=O)/C(=C/c2cn(-c3ccccc3)nc2-c2ccc(OCC)cc2C)SC1=S. The fourth-order valence-electron chi connectivity index (χ4n) is 3.63. The number of ether oxygens (including phenoxy) is 1. The molecule has 0 atom stereocenters. The van der Waals surface area contributed by atoms with Crippen LogP contribution in [0.4, 0.5) is 0 Å². The maximum absolute atomic E-state index is 12.9. The summed E-state index contributed by atoms with van der Waals surface area (Å²) in [5, 5.41) is 4.89. The van der Waals surface area contributed by atoms with Crippen molar-refractivity contribution in [3.05, 3.63) is 70.8 Å². The van der Waals surface area contributed by atoms with Gasteiger partial charge in [0.25, 0.3) is 5.91 Å². The largest absolute Gasteiger partial charge is 0.494 e. The predicted octanol–water partition coefficient (Wildman–Crippen LogP) is 5.86. The normalized spacial score (nSPS) is 15.1. The van der Waals surface area contributed by atoms with E-state index in [0.29, 0.717) is 22.4 Å². The summed E-state index contributed by atoms with van der Waals surface area (Å²) >= 11 is 6.79. The lowest BCUT2D eigenvalue weighted by Gasteiger charge is -2.12. The highest BCUT2D eigenvalue weighted by Crippen LogP contribution is 2.36. The van der Waals surface area contributed by atoms with Crippen LogP contribution < -0.4 is 4.74 Å². The van der Waals surface area contributed by atoms with Crippen molar-refractivity contribution in [1.29, 1.82) is 0 Å². The molecule has 1 saturated heterocycles. The molecular formula is C25H25N3O2S2. The lowest BCUT2D eigenvalue weighted by atomic mass is 10.0. The van der Waals surface area contributed by atoms with Gasteiger partial charge in [0.1, 0.15) is 15.8 Å². The molecule has 2 heterocycles. The summed E-state index contributed by atoms with van der Waals surface area (Å²) in [6.07, 6.45) is 4.74. The topological polar surface area (TPSA) is 47.4 Å². The Hall–Kier alpha value is -2.90. The quantitative estimate of drug-likeness (QED) is 0.325. The van der Waals surface area contributed by atoms with Crippen molar-refractivity contribution in [2.75, 3.05) is 13.2 Å². The number of hydrogen-bond donors (Lipinski definition) is 0. The van der Waals surface area contributed by atoms with Gasteiger partial charge in [-0.25, -0.2) is 4.68 Å². The van der Waals surface area contributed by atoms with E-state index in [4.69, 9.17) is 22.1 Å². The molecule has 0 unspecified atom stereocenters. The van der Waals surface area contributed by atoms with Crippen LogP contribution in [0.3, 0.4) is 0 Å². The smallest absolute Gasteiger partial charge is 0.266 e. The molecule has 4 rings (SSSR count). The van der Waals surface area contributed by atoms with Crippen LogP contribution >= 0.6 is 24.0 Å². The Morgan fingerprint density at radius 3 is 2.62 bits per heavy atom. The van der Waals surface area contributed by atoms with Crippen LogP contribution in [0, 0.1) is 6.92 Å². The standard InChI is InChI=1S/C25H25N3O2S2/c1-4-13-27-24(29)22(32-25(27)31)15-18-16-28(19-9-7-6-8-10-19)26-23(18)21-12-11-20(30-5-2)14-17(21)3/h6-12,14-16H,4-5,13H2,1-3H3/b22-15-. The van der Waals surface area contributed by atoms with Crippen LogP contribution in [0.25, 0.3) is 23.0 Å². The summed E-state index contributed by atoms with van der Waals surface area (Å²) in [7, 11) is 0. The number of benzene rings is 2. The Kier molecular flexibility index (Phi) is 6.77. The molecule has 1 aliphatic heterocycles. The molecule has 5 nitrogen and oxygen atoms in total. The van der Waals surface area contributed by atoms with Gasteiger partial charge in [0.05, 0.1) is 17.2 Å². The van der Waals surface area contributed by atoms with Crippen molar-refractivity contribution < 1.29 is 9.53 Å². The van der Waals surface area contributed by atoms with Gasteiger partial charge in [-0.3, -0.25) is 9.69 Å². The van der Waals surface area contributed by atoms with Gasteiger partial charge in [-0.2, -0.15) is 5.10 Å². The zero-order valence-corrected chi connectivity index (χ0v) is 20.0. The zero-order valence-electron chi connectivity index (χ0n) is 18.4. The number of aryl methyl sites for hydroxylation is 1. The molecule has 0 saturated carbocycles. The fraction of sp³-hybridized carbons (Fsp3) is 0.240. The number of nitrogens with zero attached hydrogens (tertiary/aromatic N) is 3. The van der Waals surface area contributed by atoms with Gasteiger partial charge in [0.2, 0.25) is 0 Å². The third-order valence-corrected chi connectivity index (χ3v) is 6.51. The summed E-state index contributed by atoms with van der Waals surface area (Å²) in [5.41, 5.74) is 4.70. The van der Waals surface area contributed by atoms with E-state index in [-0.39, 0.29) is 5.91 Å². The second-order valence-corrected chi connectivity index (χ2v) is 9.13. The second-order valence-electron chi connectivity index (χ2n) is 7.46. The Bertz CT molecular complexity index is 1190. The number of carbonyl (C=O) groups excluding carboxylic acids is 1. The van der Waals surface area contributed by atoms with Gasteiger partial charge >= 0.3 is 0 Å². The first-order valence-corrected chi connectivity index (χ1v) is 11.9. The molecule has 0 N–H and O–H groups in total. The molecule has 7 heteroatoms. The van der Waals surface area contributed by atoms with Crippen molar-refractivity contribution in [3.63, 3.8) is 0 Å². The van der Waals surface area contributed by atoms with Crippen LogP contribution in [0.5, 0.6) is 5.75 Å². The van der Waals surface area contributed by atoms with Gasteiger partial charge in [-0.05, 0) is 62.2 Å². The molecule has 2 aromatic carbocycles. The highest BCUT2D eigenvalue weighted by Gasteiger charge is 2.31. The van der Waals surface area contributed by atoms with Crippen LogP contribution in [0.15, 0.2) is 59.6 Å². The zero-order chi connectivity index (χ0) is 22.7. The van der Waals surface area contributed by atoms with Gasteiger partial charge in [-0.1, -0.05) is 49.1 Å². The first-order valence-electron chi connectivity index (χ1n) is 10.7. The third kappa shape index (κ3) is 4.49. The monoisotopic (exact) mass is 463 g/mol. The molecule has 0 bridgehead atoms. The number of thiocarbonyl (C=S) groups is 1. The summed E-state index contributed by atoms with van der Waals surface area (Å²) < 4.78 is 8.10. The molecule has 1 amide bonds. The van der Waals surface area contributed by atoms with E-state index in [9.17, 15) is 4.79 Å². The minimum Gasteiger partial charge on any atom is -0.494 e. The first-order chi connectivity index (χ1) is 15.5. The minimum absolute atomic E-state index is 0.0383. The number of carbonyl (C=O) groups is 1. The molecule has 1 aliphatic rings. The number of hydrogen-bond acceptors (Lipinski definition) is 5. The second kappa shape index (κ2) is 9.71. The van der Waals surface area contributed by atoms with Crippen molar-refractivity contribution in [2.45, 2.75) is 27.2 Å². The van der Waals surface area contributed by atoms with E-state index in [1.807, 2.05) is 86.3 Å². The fourth-order valence-corrected chi connectivity index (χ4v) is 4.93. The van der Waals surface area contributed by atoms with E-state index in [1.54, 1.807) is 4.90 Å². The molecule has 32 heavy (non-hydrogen) atoms. The molecular weight excluding hydrogens is 438 g/mol. The Balaban J connectivity index is 1.81. The van der Waals surface area contributed by atoms with Crippen LogP contribution in [-0.4, -0.2) is 38.1 Å². The van der Waals surface area contributed by atoms with Crippen LogP contribution in [0.2, 0.25) is 0 Å². The molecule has 0 spiro atoms. The van der Waals surface area contributed by atoms with Crippen molar-refractivity contribution in [2.24, 2.45) is 0 Å². The molecule has 3 aromatic rings. The van der Waals surface area contributed by atoms with Crippen molar-refractivity contribution >= 4 is 40.3 Å². The van der Waals surface area contributed by atoms with Crippen LogP contribution in [-0.2, 0) is 4.79 Å². The van der Waals surface area contributed by atoms with Gasteiger partial charge in [-0.15, -0.1) is 0 Å². The lowest BCUT2D eigenvalue weighted by molar-refractivity contribution is -0.122. The maximum atomic E-state index is 12.9. The van der Waals surface area contributed by atoms with Gasteiger partial charge < -0.3 is 4.74 Å². The number of aromatic nitrogens is 2. The highest BCUT2D eigenvalue weighted by atomic mass is 32.2. The number of amides is 1. The Labute approximate surface area is 198 Å². The lowest BCUT2D eigenvalue weighted by Crippen LogP contribution is -2.28. The number of para-hydroxylation sites is 1. The summed E-state index contributed by atoms with van der Waals surface area (Å²) in [4.78, 5) is 15.2. The maximum Gasteiger partial charge on any atom is 0.266 e. The van der Waals surface area contributed by atoms with E-state index in [0.717, 1.165) is 40.2 Å². The molecule has 164 valence electrons. The highest BCUT2D eigenvalue weighted by molar-refractivity contribution is 8.26. The average molecular weight is 464 g/mol. The average Bonchev–Trinajstić information content (AvgIpc) is 3.31. The van der Waals surface area contributed by atoms with Crippen LogP contribution in [0.1, 0.15) is 31.4 Å². The number of thioether (sulfide) groups is 1. The molecule has 0 aliphatic carbocycles. The molecule has 1 aromatic heterocycles. The Morgan fingerprint density at radius 2 is 1.94 bits per heavy atom. The summed E-state index contributed by atoms with van der Waals surface area (Å²) in [5.74, 6) is 0.793. The first kappa shape index (κ1) is 22.3. The van der Waals surface area contributed by atoms with Crippen molar-refractivity contribution in [1.82, 2.24) is 14.7 Å². The third-order valence-electron chi connectivity index (χ3n) is 5.13. The molecule has 1 fully saturated rings. The summed E-state index contributed by atoms with van der Waals surface area (Å²) in [6.45, 7) is 7.31. The van der Waals surface area contributed by atoms with Gasteiger partial charge in [0, 0.05) is 23.9 Å². The van der Waals surface area contributed by atoms with E-state index in [1.165, 1.54) is 11.8 Å². The van der Waals surface area contributed by atoms with Gasteiger partial charge in [0.15, 0.2) is 0 Å². The predicted molar refractivity (Wildman–Crippen MR) is 135 cm³/mol. The minimum atomic E-state index is -0.0383. The van der Waals surface area contributed by atoms with E-state index in [2.05, 4.69) is 0 Å². The Morgan fingerprint density at radius 1 is 1.16 bits per heavy atom. The van der Waals surface area contributed by atoms with E-state index >= 15 is 0 Å². The van der Waals surface area contributed by atoms with Crippen molar-refractivity contribution in [3.8, 4) is 22.7 Å². The number of rotatable bonds is 7.